The summed E-state index contributed by atoms with van der Waals surface area (Å²) in [6, 6.07) is 5.54. The van der Waals surface area contributed by atoms with Gasteiger partial charge in [-0.15, -0.1) is 11.3 Å². The SMILES string of the molecule is COc1ccc(-c2nc(N3CCN(C)CC3)sc2CC(=O)O)cc1OC. The monoisotopic (exact) mass is 377 g/mol. The predicted molar refractivity (Wildman–Crippen MR) is 102 cm³/mol. The molecule has 1 aliphatic heterocycles. The maximum atomic E-state index is 11.3. The summed E-state index contributed by atoms with van der Waals surface area (Å²) in [7, 11) is 5.27. The van der Waals surface area contributed by atoms with Gasteiger partial charge < -0.3 is 24.4 Å². The number of anilines is 1. The Kier molecular flexibility index (Phi) is 5.63. The summed E-state index contributed by atoms with van der Waals surface area (Å²) in [6.45, 7) is 3.73. The van der Waals surface area contributed by atoms with Crippen molar-refractivity contribution in [3.05, 3.63) is 23.1 Å². The van der Waals surface area contributed by atoms with Crippen LogP contribution < -0.4 is 14.4 Å². The first-order chi connectivity index (χ1) is 12.5. The van der Waals surface area contributed by atoms with Crippen LogP contribution in [0.2, 0.25) is 0 Å². The maximum absolute atomic E-state index is 11.3. The van der Waals surface area contributed by atoms with E-state index < -0.39 is 5.97 Å². The van der Waals surface area contributed by atoms with Crippen molar-refractivity contribution in [2.75, 3.05) is 52.3 Å². The molecule has 1 fully saturated rings. The third-order valence-electron chi connectivity index (χ3n) is 4.43. The lowest BCUT2D eigenvalue weighted by Gasteiger charge is -2.32. The molecule has 1 saturated heterocycles. The lowest BCUT2D eigenvalue weighted by molar-refractivity contribution is -0.136. The van der Waals surface area contributed by atoms with E-state index in [9.17, 15) is 9.90 Å². The second-order valence-corrected chi connectivity index (χ2v) is 7.26. The average Bonchev–Trinajstić information content (AvgIpc) is 3.04. The summed E-state index contributed by atoms with van der Waals surface area (Å²) in [4.78, 5) is 21.3. The van der Waals surface area contributed by atoms with Crippen molar-refractivity contribution in [3.63, 3.8) is 0 Å². The molecule has 140 valence electrons. The van der Waals surface area contributed by atoms with Gasteiger partial charge in [-0.05, 0) is 25.2 Å². The minimum absolute atomic E-state index is 0.0465. The molecule has 0 bridgehead atoms. The van der Waals surface area contributed by atoms with Crippen LogP contribution in [-0.2, 0) is 11.2 Å². The zero-order valence-corrected chi connectivity index (χ0v) is 16.0. The Morgan fingerprint density at radius 2 is 1.88 bits per heavy atom. The molecular weight excluding hydrogens is 354 g/mol. The Balaban J connectivity index is 1.98. The zero-order valence-electron chi connectivity index (χ0n) is 15.2. The number of rotatable bonds is 6. The molecule has 26 heavy (non-hydrogen) atoms. The number of nitrogens with zero attached hydrogens (tertiary/aromatic N) is 3. The van der Waals surface area contributed by atoms with E-state index in [0.717, 1.165) is 41.8 Å². The van der Waals surface area contributed by atoms with Crippen molar-refractivity contribution in [2.45, 2.75) is 6.42 Å². The minimum Gasteiger partial charge on any atom is -0.493 e. The van der Waals surface area contributed by atoms with Gasteiger partial charge in [0.15, 0.2) is 16.6 Å². The third-order valence-corrected chi connectivity index (χ3v) is 5.54. The predicted octanol–water partition coefficient (Wildman–Crippen LogP) is 2.21. The molecule has 1 N–H and O–H groups in total. The number of carboxylic acid groups (broad SMARTS) is 1. The highest BCUT2D eigenvalue weighted by Crippen LogP contribution is 2.37. The number of piperazine rings is 1. The first kappa shape index (κ1) is 18.5. The Hall–Kier alpha value is -2.32. The van der Waals surface area contributed by atoms with E-state index in [1.165, 1.54) is 11.3 Å². The van der Waals surface area contributed by atoms with E-state index in [-0.39, 0.29) is 6.42 Å². The zero-order chi connectivity index (χ0) is 18.7. The van der Waals surface area contributed by atoms with E-state index in [1.807, 2.05) is 18.2 Å². The molecule has 7 nitrogen and oxygen atoms in total. The molecule has 1 aliphatic rings. The van der Waals surface area contributed by atoms with Gasteiger partial charge in [-0.25, -0.2) is 4.98 Å². The van der Waals surface area contributed by atoms with Crippen LogP contribution in [0.3, 0.4) is 0 Å². The van der Waals surface area contributed by atoms with Crippen molar-refractivity contribution < 1.29 is 19.4 Å². The van der Waals surface area contributed by atoms with E-state index >= 15 is 0 Å². The van der Waals surface area contributed by atoms with Crippen LogP contribution in [0, 0.1) is 0 Å². The molecule has 0 aliphatic carbocycles. The third kappa shape index (κ3) is 3.91. The number of carbonyl (C=O) groups is 1. The molecule has 2 aromatic rings. The van der Waals surface area contributed by atoms with Crippen LogP contribution in [0.1, 0.15) is 4.88 Å². The van der Waals surface area contributed by atoms with Crippen LogP contribution in [-0.4, -0.2) is 68.4 Å². The topological polar surface area (TPSA) is 75.1 Å². The Labute approximate surface area is 156 Å². The van der Waals surface area contributed by atoms with Gasteiger partial charge in [0.1, 0.15) is 0 Å². The van der Waals surface area contributed by atoms with Gasteiger partial charge >= 0.3 is 5.97 Å². The maximum Gasteiger partial charge on any atom is 0.308 e. The molecule has 0 saturated carbocycles. The fourth-order valence-electron chi connectivity index (χ4n) is 2.94. The fraction of sp³-hybridized carbons (Fsp3) is 0.444. The van der Waals surface area contributed by atoms with E-state index in [0.29, 0.717) is 17.2 Å². The number of hydrogen-bond acceptors (Lipinski definition) is 7. The van der Waals surface area contributed by atoms with Crippen LogP contribution in [0.15, 0.2) is 18.2 Å². The van der Waals surface area contributed by atoms with Crippen molar-refractivity contribution in [1.82, 2.24) is 9.88 Å². The fourth-order valence-corrected chi connectivity index (χ4v) is 4.06. The number of hydrogen-bond donors (Lipinski definition) is 1. The van der Waals surface area contributed by atoms with E-state index in [2.05, 4.69) is 16.8 Å². The van der Waals surface area contributed by atoms with Gasteiger partial charge in [0.25, 0.3) is 0 Å². The molecule has 0 amide bonds. The van der Waals surface area contributed by atoms with Crippen LogP contribution in [0.4, 0.5) is 5.13 Å². The van der Waals surface area contributed by atoms with Gasteiger partial charge in [0.05, 0.1) is 26.3 Å². The molecule has 1 aromatic heterocycles. The number of methoxy groups -OCH3 is 2. The number of aliphatic carboxylic acids is 1. The van der Waals surface area contributed by atoms with Gasteiger partial charge in [0.2, 0.25) is 0 Å². The summed E-state index contributed by atoms with van der Waals surface area (Å²) >= 11 is 1.46. The number of benzene rings is 1. The first-order valence-corrected chi connectivity index (χ1v) is 9.21. The van der Waals surface area contributed by atoms with E-state index in [1.54, 1.807) is 14.2 Å². The Morgan fingerprint density at radius 3 is 2.50 bits per heavy atom. The Morgan fingerprint density at radius 1 is 1.19 bits per heavy atom. The summed E-state index contributed by atoms with van der Waals surface area (Å²) in [5.41, 5.74) is 1.53. The quantitative estimate of drug-likeness (QED) is 0.827. The summed E-state index contributed by atoms with van der Waals surface area (Å²) in [5, 5.41) is 10.2. The summed E-state index contributed by atoms with van der Waals surface area (Å²) in [6.07, 6.45) is -0.0465. The number of carboxylic acids is 1. The van der Waals surface area contributed by atoms with Crippen molar-refractivity contribution >= 4 is 22.4 Å². The molecule has 0 atom stereocenters. The molecule has 2 heterocycles. The average molecular weight is 377 g/mol. The first-order valence-electron chi connectivity index (χ1n) is 8.39. The van der Waals surface area contributed by atoms with Crippen molar-refractivity contribution in [3.8, 4) is 22.8 Å². The number of thiazole rings is 1. The number of likely N-dealkylation sites (N-methyl/N-ethyl adjacent to an activating group) is 1. The van der Waals surface area contributed by atoms with Gasteiger partial charge in [-0.3, -0.25) is 4.79 Å². The van der Waals surface area contributed by atoms with Crippen LogP contribution >= 0.6 is 11.3 Å². The Bertz CT molecular complexity index is 785. The largest absolute Gasteiger partial charge is 0.493 e. The van der Waals surface area contributed by atoms with Crippen molar-refractivity contribution in [2.24, 2.45) is 0 Å². The van der Waals surface area contributed by atoms with Gasteiger partial charge in [0, 0.05) is 36.6 Å². The highest BCUT2D eigenvalue weighted by molar-refractivity contribution is 7.16. The van der Waals surface area contributed by atoms with Gasteiger partial charge in [-0.2, -0.15) is 0 Å². The second-order valence-electron chi connectivity index (χ2n) is 6.20. The second kappa shape index (κ2) is 7.92. The lowest BCUT2D eigenvalue weighted by atomic mass is 10.1. The molecular formula is C18H23N3O4S. The normalized spacial score (nSPS) is 15.1. The van der Waals surface area contributed by atoms with E-state index in [4.69, 9.17) is 14.5 Å². The molecule has 8 heteroatoms. The highest BCUT2D eigenvalue weighted by atomic mass is 32.1. The molecule has 0 spiro atoms. The molecule has 1 aromatic carbocycles. The standard InChI is InChI=1S/C18H23N3O4S/c1-20-6-8-21(9-7-20)18-19-17(15(26-18)11-16(22)23)12-4-5-13(24-2)14(10-12)25-3/h4-5,10H,6-9,11H2,1-3H3,(H,22,23). The summed E-state index contributed by atoms with van der Waals surface area (Å²) in [5.74, 6) is 0.367. The van der Waals surface area contributed by atoms with Crippen molar-refractivity contribution in [1.29, 1.82) is 0 Å². The van der Waals surface area contributed by atoms with Gasteiger partial charge in [-0.1, -0.05) is 0 Å². The molecule has 0 radical (unpaired) electrons. The summed E-state index contributed by atoms with van der Waals surface area (Å²) < 4.78 is 10.7. The van der Waals surface area contributed by atoms with Crippen LogP contribution in [0.5, 0.6) is 11.5 Å². The minimum atomic E-state index is -0.861. The number of aromatic nitrogens is 1. The smallest absolute Gasteiger partial charge is 0.308 e. The lowest BCUT2D eigenvalue weighted by Crippen LogP contribution is -2.44. The number of ether oxygens (including phenoxy) is 2. The molecule has 0 unspecified atom stereocenters. The highest BCUT2D eigenvalue weighted by Gasteiger charge is 2.22. The molecule has 3 rings (SSSR count). The van der Waals surface area contributed by atoms with Crippen LogP contribution in [0.25, 0.3) is 11.3 Å².